The molecule has 1 amide bonds. The van der Waals surface area contributed by atoms with E-state index in [1.54, 1.807) is 4.90 Å². The van der Waals surface area contributed by atoms with Crippen LogP contribution in [-0.4, -0.2) is 16.6 Å². The summed E-state index contributed by atoms with van der Waals surface area (Å²) in [4.78, 5) is 14.3. The second kappa shape index (κ2) is 5.89. The van der Waals surface area contributed by atoms with Crippen molar-refractivity contribution in [2.75, 3.05) is 0 Å². The van der Waals surface area contributed by atoms with E-state index in [9.17, 15) is 4.79 Å². The van der Waals surface area contributed by atoms with Crippen molar-refractivity contribution in [2.45, 2.75) is 38.5 Å². The van der Waals surface area contributed by atoms with Gasteiger partial charge in [-0.3, -0.25) is 4.90 Å². The van der Waals surface area contributed by atoms with E-state index in [1.165, 1.54) is 0 Å². The van der Waals surface area contributed by atoms with Gasteiger partial charge in [-0.15, -0.1) is 0 Å². The summed E-state index contributed by atoms with van der Waals surface area (Å²) in [7, 11) is 0. The third kappa shape index (κ3) is 3.50. The molecule has 120 valence electrons. The molecule has 3 nitrogen and oxygen atoms in total. The SMILES string of the molecule is CC(C)(C)OC(=O)N1[C@H](c2ccccc2)[C@H]1c1ccc(Cl)cc1. The van der Waals surface area contributed by atoms with Gasteiger partial charge in [-0.1, -0.05) is 54.1 Å². The van der Waals surface area contributed by atoms with Crippen molar-refractivity contribution in [2.24, 2.45) is 0 Å². The molecule has 0 saturated carbocycles. The lowest BCUT2D eigenvalue weighted by molar-refractivity contribution is 0.0392. The molecular weight excluding hydrogens is 310 g/mol. The Kier molecular flexibility index (Phi) is 4.07. The first-order valence-corrected chi connectivity index (χ1v) is 8.06. The summed E-state index contributed by atoms with van der Waals surface area (Å²) in [5.74, 6) is 0. The van der Waals surface area contributed by atoms with Crippen molar-refractivity contribution < 1.29 is 9.53 Å². The van der Waals surface area contributed by atoms with Crippen LogP contribution in [0, 0.1) is 0 Å². The third-order valence-corrected chi connectivity index (χ3v) is 4.02. The molecule has 23 heavy (non-hydrogen) atoms. The largest absolute Gasteiger partial charge is 0.444 e. The van der Waals surface area contributed by atoms with E-state index >= 15 is 0 Å². The molecule has 0 unspecified atom stereocenters. The lowest BCUT2D eigenvalue weighted by Crippen LogP contribution is -2.27. The molecule has 1 aliphatic heterocycles. The summed E-state index contributed by atoms with van der Waals surface area (Å²) in [6, 6.07) is 17.7. The minimum absolute atomic E-state index is 0.00669. The van der Waals surface area contributed by atoms with Gasteiger partial charge in [-0.25, -0.2) is 4.79 Å². The van der Waals surface area contributed by atoms with Gasteiger partial charge in [0.1, 0.15) is 5.60 Å². The highest BCUT2D eigenvalue weighted by molar-refractivity contribution is 6.30. The molecule has 0 aliphatic carbocycles. The van der Waals surface area contributed by atoms with Crippen molar-refractivity contribution in [3.8, 4) is 0 Å². The van der Waals surface area contributed by atoms with Crippen LogP contribution in [0.5, 0.6) is 0 Å². The molecule has 0 radical (unpaired) electrons. The lowest BCUT2D eigenvalue weighted by atomic mass is 10.0. The minimum atomic E-state index is -0.508. The zero-order valence-corrected chi connectivity index (χ0v) is 14.2. The lowest BCUT2D eigenvalue weighted by Gasteiger charge is -2.20. The Bertz CT molecular complexity index is 692. The predicted octanol–water partition coefficient (Wildman–Crippen LogP) is 5.37. The highest BCUT2D eigenvalue weighted by atomic mass is 35.5. The molecule has 1 heterocycles. The summed E-state index contributed by atoms with van der Waals surface area (Å²) in [6.45, 7) is 5.63. The Balaban J connectivity index is 1.89. The molecule has 2 aromatic rings. The molecule has 3 rings (SSSR count). The second-order valence-electron chi connectivity index (χ2n) is 6.74. The van der Waals surface area contributed by atoms with E-state index in [1.807, 2.05) is 75.4 Å². The Labute approximate surface area is 141 Å². The zero-order chi connectivity index (χ0) is 16.6. The van der Waals surface area contributed by atoms with Crippen LogP contribution in [-0.2, 0) is 4.74 Å². The van der Waals surface area contributed by atoms with Crippen LogP contribution in [0.3, 0.4) is 0 Å². The maximum Gasteiger partial charge on any atom is 0.411 e. The Hall–Kier alpha value is -2.00. The summed E-state index contributed by atoms with van der Waals surface area (Å²) >= 11 is 5.97. The van der Waals surface area contributed by atoms with Gasteiger partial charge in [0.15, 0.2) is 0 Å². The number of amides is 1. The van der Waals surface area contributed by atoms with E-state index < -0.39 is 5.60 Å². The van der Waals surface area contributed by atoms with Crippen molar-refractivity contribution in [3.63, 3.8) is 0 Å². The van der Waals surface area contributed by atoms with Crippen molar-refractivity contribution >= 4 is 17.7 Å². The fourth-order valence-electron chi connectivity index (χ4n) is 2.77. The van der Waals surface area contributed by atoms with Gasteiger partial charge < -0.3 is 4.74 Å². The van der Waals surface area contributed by atoms with Gasteiger partial charge in [-0.05, 0) is 44.0 Å². The number of carbonyl (C=O) groups excluding carboxylic acids is 1. The van der Waals surface area contributed by atoms with Crippen molar-refractivity contribution in [1.82, 2.24) is 4.90 Å². The first-order valence-electron chi connectivity index (χ1n) is 7.68. The average molecular weight is 330 g/mol. The number of carbonyl (C=O) groups is 1. The minimum Gasteiger partial charge on any atom is -0.444 e. The van der Waals surface area contributed by atoms with Gasteiger partial charge in [-0.2, -0.15) is 0 Å². The second-order valence-corrected chi connectivity index (χ2v) is 7.18. The summed E-state index contributed by atoms with van der Waals surface area (Å²) in [5, 5.41) is 0.689. The van der Waals surface area contributed by atoms with E-state index in [2.05, 4.69) is 0 Å². The number of benzene rings is 2. The number of rotatable bonds is 2. The standard InChI is InChI=1S/C19H20ClNO2/c1-19(2,3)23-18(22)21-16(13-7-5-4-6-8-13)17(21)14-9-11-15(20)12-10-14/h4-12,16-17H,1-3H3/t16-,17-,21?/m1/s1. The molecule has 0 spiro atoms. The topological polar surface area (TPSA) is 29.3 Å². The maximum absolute atomic E-state index is 12.5. The van der Waals surface area contributed by atoms with E-state index in [-0.39, 0.29) is 18.2 Å². The number of hydrogen-bond donors (Lipinski definition) is 0. The monoisotopic (exact) mass is 329 g/mol. The Morgan fingerprint density at radius 2 is 1.48 bits per heavy atom. The molecule has 0 aromatic heterocycles. The quantitative estimate of drug-likeness (QED) is 0.693. The normalized spacial score (nSPS) is 20.3. The van der Waals surface area contributed by atoms with E-state index in [0.29, 0.717) is 5.02 Å². The first-order chi connectivity index (χ1) is 10.9. The Morgan fingerprint density at radius 1 is 0.957 bits per heavy atom. The smallest absolute Gasteiger partial charge is 0.411 e. The summed E-state index contributed by atoms with van der Waals surface area (Å²) in [6.07, 6.45) is -0.286. The maximum atomic E-state index is 12.5. The van der Waals surface area contributed by atoms with Gasteiger partial charge in [0.05, 0.1) is 12.1 Å². The van der Waals surface area contributed by atoms with Crippen LogP contribution in [0.25, 0.3) is 0 Å². The van der Waals surface area contributed by atoms with Gasteiger partial charge >= 0.3 is 6.09 Å². The van der Waals surface area contributed by atoms with Gasteiger partial charge in [0, 0.05) is 5.02 Å². The highest BCUT2D eigenvalue weighted by Gasteiger charge is 2.54. The number of nitrogens with zero attached hydrogens (tertiary/aromatic N) is 1. The van der Waals surface area contributed by atoms with Crippen LogP contribution in [0.15, 0.2) is 54.6 Å². The van der Waals surface area contributed by atoms with Crippen molar-refractivity contribution in [3.05, 3.63) is 70.7 Å². The van der Waals surface area contributed by atoms with E-state index in [0.717, 1.165) is 11.1 Å². The highest BCUT2D eigenvalue weighted by Crippen LogP contribution is 2.55. The van der Waals surface area contributed by atoms with Crippen molar-refractivity contribution in [1.29, 1.82) is 0 Å². The predicted molar refractivity (Wildman–Crippen MR) is 91.4 cm³/mol. The molecule has 1 aliphatic rings. The summed E-state index contributed by atoms with van der Waals surface area (Å²) in [5.41, 5.74) is 1.67. The fraction of sp³-hybridized carbons (Fsp3) is 0.316. The third-order valence-electron chi connectivity index (χ3n) is 3.77. The van der Waals surface area contributed by atoms with Gasteiger partial charge in [0.25, 0.3) is 0 Å². The number of hydrogen-bond acceptors (Lipinski definition) is 2. The molecular formula is C19H20ClNO2. The fourth-order valence-corrected chi connectivity index (χ4v) is 2.89. The molecule has 0 bridgehead atoms. The average Bonchev–Trinajstić information content (AvgIpc) is 3.23. The number of halogens is 1. The molecule has 1 saturated heterocycles. The van der Waals surface area contributed by atoms with E-state index in [4.69, 9.17) is 16.3 Å². The van der Waals surface area contributed by atoms with Crippen LogP contribution in [0.2, 0.25) is 5.02 Å². The first kappa shape index (κ1) is 15.9. The molecule has 2 atom stereocenters. The van der Waals surface area contributed by atoms with Gasteiger partial charge in [0.2, 0.25) is 0 Å². The zero-order valence-electron chi connectivity index (χ0n) is 13.5. The summed E-state index contributed by atoms with van der Waals surface area (Å²) < 4.78 is 5.55. The molecule has 4 heteroatoms. The molecule has 2 aromatic carbocycles. The number of ether oxygens (including phenoxy) is 1. The molecule has 1 fully saturated rings. The van der Waals surface area contributed by atoms with Crippen LogP contribution < -0.4 is 0 Å². The Morgan fingerprint density at radius 3 is 2.00 bits per heavy atom. The molecule has 0 N–H and O–H groups in total. The van der Waals surface area contributed by atoms with Crippen LogP contribution in [0.4, 0.5) is 4.79 Å². The van der Waals surface area contributed by atoms with Crippen LogP contribution >= 0.6 is 11.6 Å². The van der Waals surface area contributed by atoms with Crippen LogP contribution in [0.1, 0.15) is 44.0 Å².